The second-order valence-corrected chi connectivity index (χ2v) is 4.03. The standard InChI is InChI=1S/C8H18O2.3Na.H3O4P/c1-2-3-4-5-6-7-8(9)10;;;;1-5(2,3)4/h8-10H,2-7H2,1H3;;;;(H3,1,2,3,4)/q;3*+1;/p-3. The molecule has 0 aromatic heterocycles. The van der Waals surface area contributed by atoms with Crippen LogP contribution in [0.3, 0.4) is 0 Å². The largest absolute Gasteiger partial charge is 1.00 e. The van der Waals surface area contributed by atoms with E-state index in [0.29, 0.717) is 6.42 Å². The summed E-state index contributed by atoms with van der Waals surface area (Å²) in [6.45, 7) is 2.17. The van der Waals surface area contributed by atoms with Gasteiger partial charge in [0.05, 0.1) is 0 Å². The second kappa shape index (κ2) is 22.3. The fourth-order valence-corrected chi connectivity index (χ4v) is 0.930. The smallest absolute Gasteiger partial charge is 0.822 e. The third-order valence-electron chi connectivity index (χ3n) is 1.57. The van der Waals surface area contributed by atoms with Gasteiger partial charge in [-0.05, 0) is 12.8 Å². The summed E-state index contributed by atoms with van der Waals surface area (Å²) in [6.07, 6.45) is 5.24. The van der Waals surface area contributed by atoms with Crippen LogP contribution in [0.5, 0.6) is 0 Å². The van der Waals surface area contributed by atoms with Crippen molar-refractivity contribution < 1.29 is 118 Å². The van der Waals surface area contributed by atoms with Gasteiger partial charge < -0.3 is 29.5 Å². The summed E-state index contributed by atoms with van der Waals surface area (Å²) in [5.74, 6) is 0. The molecule has 94 valence electrons. The maximum absolute atomic E-state index is 8.55. The molecule has 0 saturated heterocycles. The average molecular weight is 310 g/mol. The van der Waals surface area contributed by atoms with E-state index in [-0.39, 0.29) is 88.7 Å². The van der Waals surface area contributed by atoms with Gasteiger partial charge in [-0.15, -0.1) is 0 Å². The van der Waals surface area contributed by atoms with Gasteiger partial charge in [0.2, 0.25) is 0 Å². The molecule has 2 N–H and O–H groups in total. The predicted molar refractivity (Wildman–Crippen MR) is 49.2 cm³/mol. The third-order valence-corrected chi connectivity index (χ3v) is 1.57. The molecule has 0 aromatic rings. The third kappa shape index (κ3) is 61.5. The van der Waals surface area contributed by atoms with Crippen LogP contribution in [0.4, 0.5) is 0 Å². The molecule has 18 heavy (non-hydrogen) atoms. The molecule has 0 spiro atoms. The molecule has 10 heteroatoms. The molecule has 0 aliphatic carbocycles. The van der Waals surface area contributed by atoms with Crippen LogP contribution in [0.25, 0.3) is 0 Å². The van der Waals surface area contributed by atoms with E-state index in [1.807, 2.05) is 0 Å². The van der Waals surface area contributed by atoms with Crippen molar-refractivity contribution in [1.82, 2.24) is 0 Å². The van der Waals surface area contributed by atoms with E-state index < -0.39 is 14.1 Å². The average Bonchev–Trinajstić information content (AvgIpc) is 2.00. The first-order valence-electron chi connectivity index (χ1n) is 4.86. The van der Waals surface area contributed by atoms with E-state index in [0.717, 1.165) is 12.8 Å². The van der Waals surface area contributed by atoms with Gasteiger partial charge in [-0.25, -0.2) is 0 Å². The first kappa shape index (κ1) is 32.8. The molecule has 0 unspecified atom stereocenters. The van der Waals surface area contributed by atoms with Crippen LogP contribution < -0.4 is 103 Å². The Morgan fingerprint density at radius 3 is 1.56 bits per heavy atom. The molecular weight excluding hydrogens is 292 g/mol. The van der Waals surface area contributed by atoms with Gasteiger partial charge in [0.1, 0.15) is 0 Å². The van der Waals surface area contributed by atoms with Crippen molar-refractivity contribution in [3.63, 3.8) is 0 Å². The van der Waals surface area contributed by atoms with Crippen molar-refractivity contribution in [3.8, 4) is 0 Å². The normalized spacial score (nSPS) is 9.28. The molecule has 6 nitrogen and oxygen atoms in total. The summed E-state index contributed by atoms with van der Waals surface area (Å²) in [5, 5.41) is 16.9. The van der Waals surface area contributed by atoms with Crippen LogP contribution in [0.2, 0.25) is 0 Å². The Balaban J connectivity index is -0.0000000621. The quantitative estimate of drug-likeness (QED) is 0.217. The van der Waals surface area contributed by atoms with Crippen LogP contribution >= 0.6 is 7.82 Å². The molecule has 0 aliphatic rings. The molecule has 0 fully saturated rings. The number of hydrogen-bond acceptors (Lipinski definition) is 6. The second-order valence-electron chi connectivity index (χ2n) is 3.13. The van der Waals surface area contributed by atoms with Crippen LogP contribution in [0.1, 0.15) is 45.4 Å². The van der Waals surface area contributed by atoms with Crippen molar-refractivity contribution in [3.05, 3.63) is 0 Å². The van der Waals surface area contributed by atoms with E-state index in [9.17, 15) is 0 Å². The first-order chi connectivity index (χ1) is 6.77. The van der Waals surface area contributed by atoms with Crippen molar-refractivity contribution >= 4 is 7.82 Å². The topological polar surface area (TPSA) is 127 Å². The molecule has 0 amide bonds. The van der Waals surface area contributed by atoms with Gasteiger partial charge in [0, 0.05) is 0 Å². The number of unbranched alkanes of at least 4 members (excludes halogenated alkanes) is 4. The summed E-state index contributed by atoms with van der Waals surface area (Å²) < 4.78 is 8.55. The maximum Gasteiger partial charge on any atom is 1.00 e. The fourth-order valence-electron chi connectivity index (χ4n) is 0.930. The molecule has 0 atom stereocenters. The van der Waals surface area contributed by atoms with Crippen molar-refractivity contribution in [2.24, 2.45) is 0 Å². The molecule has 0 bridgehead atoms. The SMILES string of the molecule is CCCCCCCC(O)O.O=P([O-])([O-])[O-].[Na+].[Na+].[Na+]. The molecule has 0 rings (SSSR count). The van der Waals surface area contributed by atoms with Gasteiger partial charge in [-0.2, -0.15) is 7.82 Å². The Hall–Kier alpha value is 3.03. The number of aliphatic hydroxyl groups is 2. The molecule has 0 aromatic carbocycles. The van der Waals surface area contributed by atoms with Gasteiger partial charge in [-0.1, -0.05) is 32.6 Å². The van der Waals surface area contributed by atoms with Crippen LogP contribution in [0, 0.1) is 0 Å². The zero-order valence-corrected chi connectivity index (χ0v) is 18.7. The minimum Gasteiger partial charge on any atom is -0.822 e. The zero-order valence-electron chi connectivity index (χ0n) is 11.8. The van der Waals surface area contributed by atoms with E-state index in [4.69, 9.17) is 29.5 Å². The van der Waals surface area contributed by atoms with Gasteiger partial charge in [-0.3, -0.25) is 0 Å². The van der Waals surface area contributed by atoms with Crippen LogP contribution in [-0.4, -0.2) is 16.5 Å². The fraction of sp³-hybridized carbons (Fsp3) is 1.00. The summed E-state index contributed by atoms with van der Waals surface area (Å²) in [4.78, 5) is 25.6. The minimum absolute atomic E-state index is 0. The van der Waals surface area contributed by atoms with Crippen LogP contribution in [-0.2, 0) is 4.57 Å². The molecule has 0 saturated carbocycles. The summed E-state index contributed by atoms with van der Waals surface area (Å²) >= 11 is 0. The Morgan fingerprint density at radius 1 is 0.944 bits per heavy atom. The molecule has 0 heterocycles. The maximum atomic E-state index is 8.55. The van der Waals surface area contributed by atoms with Crippen molar-refractivity contribution in [2.75, 3.05) is 0 Å². The van der Waals surface area contributed by atoms with Crippen molar-refractivity contribution in [2.45, 2.75) is 51.7 Å². The number of rotatable bonds is 6. The van der Waals surface area contributed by atoms with Crippen molar-refractivity contribution in [1.29, 1.82) is 0 Å². The van der Waals surface area contributed by atoms with E-state index in [1.54, 1.807) is 0 Å². The monoisotopic (exact) mass is 310 g/mol. The Labute approximate surface area is 175 Å². The minimum atomic E-state index is -5.39. The Bertz CT molecular complexity index is 170. The Kier molecular flexibility index (Phi) is 40.7. The zero-order chi connectivity index (χ0) is 12.3. The molecule has 0 aliphatic heterocycles. The number of phosphoric acid groups is 1. The van der Waals surface area contributed by atoms with Gasteiger partial charge in [0.15, 0.2) is 6.29 Å². The van der Waals surface area contributed by atoms with E-state index >= 15 is 0 Å². The van der Waals surface area contributed by atoms with E-state index in [1.165, 1.54) is 19.3 Å². The molecule has 0 radical (unpaired) electrons. The predicted octanol–water partition coefficient (Wildman–Crippen LogP) is -10.2. The number of aliphatic hydroxyl groups excluding tert-OH is 1. The summed E-state index contributed by atoms with van der Waals surface area (Å²) in [7, 11) is -5.39. The van der Waals surface area contributed by atoms with Gasteiger partial charge >= 0.3 is 88.7 Å². The molecular formula is C8H18Na3O6P. The first-order valence-corrected chi connectivity index (χ1v) is 6.32. The summed E-state index contributed by atoms with van der Waals surface area (Å²) in [5.41, 5.74) is 0. The summed E-state index contributed by atoms with van der Waals surface area (Å²) in [6, 6.07) is 0. The number of hydrogen-bond donors (Lipinski definition) is 2. The van der Waals surface area contributed by atoms with Crippen LogP contribution in [0.15, 0.2) is 0 Å². The van der Waals surface area contributed by atoms with Gasteiger partial charge in [0.25, 0.3) is 0 Å². The van der Waals surface area contributed by atoms with E-state index in [2.05, 4.69) is 6.92 Å². The Morgan fingerprint density at radius 2 is 1.28 bits per heavy atom.